The molecule has 2 aromatic heterocycles. The van der Waals surface area contributed by atoms with Crippen LogP contribution in [0.4, 0.5) is 10.6 Å². The standard InChI is InChI=1S/C26H31BrClN5O3/c1-15(2)17-9-7-8-10-19(17)33-20-13-18(27)22(28)29-21(20)23(30-24(33)34)32-12-11-31(14-16(32)3)25(35)36-26(4,5)6/h7-10,13,15-16H,11-12,14H2,1-6H3. The summed E-state index contributed by atoms with van der Waals surface area (Å²) >= 11 is 9.89. The average Bonchev–Trinajstić information content (AvgIpc) is 2.79. The van der Waals surface area contributed by atoms with Gasteiger partial charge in [0.25, 0.3) is 0 Å². The highest BCUT2D eigenvalue weighted by molar-refractivity contribution is 9.10. The number of carbonyl (C=O) groups is 1. The Morgan fingerprint density at radius 1 is 1.19 bits per heavy atom. The molecule has 1 atom stereocenters. The van der Waals surface area contributed by atoms with Crippen LogP contribution in [0.25, 0.3) is 16.7 Å². The third-order valence-corrected chi connectivity index (χ3v) is 7.23. The number of rotatable bonds is 3. The van der Waals surface area contributed by atoms with Crippen molar-refractivity contribution < 1.29 is 9.53 Å². The molecule has 0 spiro atoms. The molecule has 1 saturated heterocycles. The zero-order chi connectivity index (χ0) is 26.4. The van der Waals surface area contributed by atoms with Gasteiger partial charge in [0.05, 0.1) is 15.7 Å². The molecule has 1 unspecified atom stereocenters. The summed E-state index contributed by atoms with van der Waals surface area (Å²) in [5.74, 6) is 0.659. The van der Waals surface area contributed by atoms with Gasteiger partial charge in [0, 0.05) is 25.7 Å². The minimum absolute atomic E-state index is 0.121. The predicted octanol–water partition coefficient (Wildman–Crippen LogP) is 5.77. The lowest BCUT2D eigenvalue weighted by Gasteiger charge is -2.40. The van der Waals surface area contributed by atoms with E-state index in [9.17, 15) is 9.59 Å². The third-order valence-electron chi connectivity index (χ3n) is 6.11. The molecule has 0 saturated carbocycles. The maximum absolute atomic E-state index is 13.6. The molecule has 0 bridgehead atoms. The number of anilines is 1. The van der Waals surface area contributed by atoms with Crippen LogP contribution in [-0.2, 0) is 4.74 Å². The largest absolute Gasteiger partial charge is 0.444 e. The molecule has 1 amide bonds. The fourth-order valence-electron chi connectivity index (χ4n) is 4.47. The van der Waals surface area contributed by atoms with Gasteiger partial charge in [-0.3, -0.25) is 4.57 Å². The molecule has 192 valence electrons. The van der Waals surface area contributed by atoms with Gasteiger partial charge < -0.3 is 14.5 Å². The lowest BCUT2D eigenvalue weighted by molar-refractivity contribution is 0.0218. The number of carbonyl (C=O) groups excluding carboxylic acids is 1. The SMILES string of the molecule is CC(C)c1ccccc1-n1c(=O)nc(N2CCN(C(=O)OC(C)(C)C)CC2C)c2nc(Cl)c(Br)cc21. The number of pyridine rings is 1. The van der Waals surface area contributed by atoms with Crippen molar-refractivity contribution >= 4 is 50.5 Å². The normalized spacial score (nSPS) is 16.6. The molecule has 0 aliphatic carbocycles. The number of nitrogens with zero attached hydrogens (tertiary/aromatic N) is 5. The molecular weight excluding hydrogens is 546 g/mol. The third kappa shape index (κ3) is 5.22. The van der Waals surface area contributed by atoms with E-state index in [0.717, 1.165) is 11.3 Å². The smallest absolute Gasteiger partial charge is 0.410 e. The number of benzene rings is 1. The zero-order valence-corrected chi connectivity index (χ0v) is 23.7. The molecule has 36 heavy (non-hydrogen) atoms. The number of ether oxygens (including phenoxy) is 1. The van der Waals surface area contributed by atoms with Gasteiger partial charge in [-0.1, -0.05) is 43.6 Å². The summed E-state index contributed by atoms with van der Waals surface area (Å²) in [5, 5.41) is 0.285. The maximum Gasteiger partial charge on any atom is 0.410 e. The molecule has 0 N–H and O–H groups in total. The predicted molar refractivity (Wildman–Crippen MR) is 147 cm³/mol. The molecule has 1 aromatic carbocycles. The monoisotopic (exact) mass is 575 g/mol. The van der Waals surface area contributed by atoms with Gasteiger partial charge in [0.15, 0.2) is 5.82 Å². The molecular formula is C26H31BrClN5O3. The molecule has 1 aliphatic rings. The summed E-state index contributed by atoms with van der Waals surface area (Å²) in [4.78, 5) is 39.0. The first-order valence-corrected chi connectivity index (χ1v) is 13.2. The molecule has 10 heteroatoms. The van der Waals surface area contributed by atoms with Crippen molar-refractivity contribution in [2.45, 2.75) is 59.1 Å². The number of halogens is 2. The first-order valence-electron chi connectivity index (χ1n) is 12.0. The summed E-state index contributed by atoms with van der Waals surface area (Å²) in [6, 6.07) is 9.50. The second-order valence-corrected chi connectivity index (χ2v) is 11.6. The Labute approximate surface area is 224 Å². The minimum Gasteiger partial charge on any atom is -0.444 e. The quantitative estimate of drug-likeness (QED) is 0.369. The Morgan fingerprint density at radius 2 is 1.89 bits per heavy atom. The van der Waals surface area contributed by atoms with Gasteiger partial charge in [-0.25, -0.2) is 14.6 Å². The van der Waals surface area contributed by atoms with Gasteiger partial charge in [-0.15, -0.1) is 0 Å². The van der Waals surface area contributed by atoms with Gasteiger partial charge >= 0.3 is 11.8 Å². The van der Waals surface area contributed by atoms with E-state index in [4.69, 9.17) is 16.3 Å². The van der Waals surface area contributed by atoms with Crippen LogP contribution in [0.15, 0.2) is 39.6 Å². The average molecular weight is 577 g/mol. The van der Waals surface area contributed by atoms with Crippen molar-refractivity contribution in [3.8, 4) is 5.69 Å². The van der Waals surface area contributed by atoms with Gasteiger partial charge in [-0.05, 0) is 67.2 Å². The summed E-state index contributed by atoms with van der Waals surface area (Å²) in [5.41, 5.74) is 1.96. The number of hydrogen-bond acceptors (Lipinski definition) is 6. The highest BCUT2D eigenvalue weighted by atomic mass is 79.9. The Kier molecular flexibility index (Phi) is 7.35. The lowest BCUT2D eigenvalue weighted by Crippen LogP contribution is -2.55. The Morgan fingerprint density at radius 3 is 2.53 bits per heavy atom. The van der Waals surface area contributed by atoms with Crippen molar-refractivity contribution in [3.05, 3.63) is 56.0 Å². The van der Waals surface area contributed by atoms with Gasteiger partial charge in [0.1, 0.15) is 16.3 Å². The van der Waals surface area contributed by atoms with Crippen LogP contribution in [0, 0.1) is 0 Å². The van der Waals surface area contributed by atoms with E-state index in [1.54, 1.807) is 9.47 Å². The van der Waals surface area contributed by atoms with Crippen molar-refractivity contribution in [3.63, 3.8) is 0 Å². The van der Waals surface area contributed by atoms with E-state index in [1.807, 2.05) is 62.9 Å². The van der Waals surface area contributed by atoms with Crippen molar-refractivity contribution in [2.24, 2.45) is 0 Å². The lowest BCUT2D eigenvalue weighted by atomic mass is 10.0. The van der Waals surface area contributed by atoms with E-state index in [2.05, 4.69) is 39.7 Å². The van der Waals surface area contributed by atoms with Gasteiger partial charge in [-0.2, -0.15) is 4.98 Å². The van der Waals surface area contributed by atoms with E-state index in [-0.39, 0.29) is 23.2 Å². The number of para-hydroxylation sites is 1. The van der Waals surface area contributed by atoms with Gasteiger partial charge in [0.2, 0.25) is 0 Å². The molecule has 1 fully saturated rings. The summed E-state index contributed by atoms with van der Waals surface area (Å²) < 4.78 is 7.74. The van der Waals surface area contributed by atoms with Crippen molar-refractivity contribution in [2.75, 3.05) is 24.5 Å². The fraction of sp³-hybridized carbons (Fsp3) is 0.462. The van der Waals surface area contributed by atoms with Crippen LogP contribution in [0.5, 0.6) is 0 Å². The highest BCUT2D eigenvalue weighted by Gasteiger charge is 2.32. The fourth-order valence-corrected chi connectivity index (χ4v) is 4.91. The van der Waals surface area contributed by atoms with Crippen molar-refractivity contribution in [1.29, 1.82) is 0 Å². The van der Waals surface area contributed by atoms with Crippen molar-refractivity contribution in [1.82, 2.24) is 19.4 Å². The van der Waals surface area contributed by atoms with Crippen LogP contribution in [0.2, 0.25) is 5.15 Å². The van der Waals surface area contributed by atoms with E-state index in [0.29, 0.717) is 41.0 Å². The van der Waals surface area contributed by atoms with Crippen LogP contribution in [0.3, 0.4) is 0 Å². The first kappa shape index (κ1) is 26.4. The molecule has 1 aliphatic heterocycles. The molecule has 4 rings (SSSR count). The summed E-state index contributed by atoms with van der Waals surface area (Å²) in [6.07, 6.45) is -0.349. The Balaban J connectivity index is 1.81. The van der Waals surface area contributed by atoms with E-state index >= 15 is 0 Å². The number of fused-ring (bicyclic) bond motifs is 1. The van der Waals surface area contributed by atoms with Crippen LogP contribution in [0.1, 0.15) is 53.0 Å². The van der Waals surface area contributed by atoms with Crippen LogP contribution < -0.4 is 10.6 Å². The molecule has 3 heterocycles. The Hall–Kier alpha value is -2.65. The first-order chi connectivity index (χ1) is 16.9. The summed E-state index contributed by atoms with van der Waals surface area (Å²) in [7, 11) is 0. The van der Waals surface area contributed by atoms with E-state index < -0.39 is 11.3 Å². The zero-order valence-electron chi connectivity index (χ0n) is 21.4. The maximum atomic E-state index is 13.6. The summed E-state index contributed by atoms with van der Waals surface area (Å²) in [6.45, 7) is 13.1. The second kappa shape index (κ2) is 10.0. The highest BCUT2D eigenvalue weighted by Crippen LogP contribution is 2.33. The molecule has 0 radical (unpaired) electrons. The number of hydrogen-bond donors (Lipinski definition) is 0. The van der Waals surface area contributed by atoms with E-state index in [1.165, 1.54) is 0 Å². The topological polar surface area (TPSA) is 80.6 Å². The van der Waals surface area contributed by atoms with Crippen LogP contribution >= 0.6 is 27.5 Å². The number of amides is 1. The Bertz CT molecular complexity index is 1370. The second-order valence-electron chi connectivity index (χ2n) is 10.4. The molecule has 8 nitrogen and oxygen atoms in total. The van der Waals surface area contributed by atoms with Crippen LogP contribution in [-0.4, -0.2) is 56.8 Å². The minimum atomic E-state index is -0.569. The molecule has 3 aromatic rings. The number of aromatic nitrogens is 3. The number of piperazine rings is 1.